The van der Waals surface area contributed by atoms with Gasteiger partial charge in [0.2, 0.25) is 0 Å². The highest BCUT2D eigenvalue weighted by Crippen LogP contribution is 2.21. The van der Waals surface area contributed by atoms with Crippen LogP contribution >= 0.6 is 0 Å². The van der Waals surface area contributed by atoms with E-state index in [-0.39, 0.29) is 0 Å². The molecule has 5 N–H and O–H groups in total. The van der Waals surface area contributed by atoms with E-state index in [1.807, 2.05) is 0 Å². The molecular weight excluding hydrogens is 168 g/mol. The maximum absolute atomic E-state index is 9.12. The molecule has 6 nitrogen and oxygen atoms in total. The van der Waals surface area contributed by atoms with Gasteiger partial charge in [-0.2, -0.15) is 0 Å². The first-order valence-corrected chi connectivity index (χ1v) is 3.56. The van der Waals surface area contributed by atoms with Crippen molar-refractivity contribution >= 4 is 0 Å². The third kappa shape index (κ3) is 1.58. The molecule has 1 fully saturated rings. The van der Waals surface area contributed by atoms with E-state index in [9.17, 15) is 0 Å². The lowest BCUT2D eigenvalue weighted by atomic mass is 10.1. The Hall–Kier alpha value is -0.240. The standard InChI is InChI=1S/C6H12O6/c7-1-2(8)5-3(9)4(10)6(11)12-5/h2-11H,1H2/t2?,3?,4-,5?,6?/m1/s1. The summed E-state index contributed by atoms with van der Waals surface area (Å²) in [5.74, 6) is 0. The Morgan fingerprint density at radius 3 is 2.08 bits per heavy atom. The minimum absolute atomic E-state index is 0.596. The third-order valence-corrected chi connectivity index (χ3v) is 1.84. The monoisotopic (exact) mass is 180 g/mol. The molecule has 0 bridgehead atoms. The second-order valence-electron chi connectivity index (χ2n) is 2.72. The van der Waals surface area contributed by atoms with Crippen LogP contribution in [0, 0.1) is 0 Å². The summed E-state index contributed by atoms with van der Waals surface area (Å²) >= 11 is 0. The minimum atomic E-state index is -1.51. The van der Waals surface area contributed by atoms with Crippen molar-refractivity contribution in [2.75, 3.05) is 6.61 Å². The first-order chi connectivity index (χ1) is 5.57. The van der Waals surface area contributed by atoms with Crippen LogP contribution in [0.3, 0.4) is 0 Å². The van der Waals surface area contributed by atoms with E-state index in [2.05, 4.69) is 4.74 Å². The van der Waals surface area contributed by atoms with Gasteiger partial charge in [-0.05, 0) is 0 Å². The normalized spacial score (nSPS) is 44.8. The van der Waals surface area contributed by atoms with Gasteiger partial charge >= 0.3 is 0 Å². The number of hydrogen-bond acceptors (Lipinski definition) is 6. The molecule has 0 radical (unpaired) electrons. The van der Waals surface area contributed by atoms with Crippen molar-refractivity contribution in [1.82, 2.24) is 0 Å². The molecule has 0 spiro atoms. The van der Waals surface area contributed by atoms with Crippen LogP contribution in [0.25, 0.3) is 0 Å². The molecule has 6 heteroatoms. The van der Waals surface area contributed by atoms with Crippen molar-refractivity contribution in [2.45, 2.75) is 30.7 Å². The fraction of sp³-hybridized carbons (Fsp3) is 1.00. The van der Waals surface area contributed by atoms with Crippen LogP contribution < -0.4 is 0 Å². The summed E-state index contributed by atoms with van der Waals surface area (Å²) in [6, 6.07) is 0. The van der Waals surface area contributed by atoms with Gasteiger partial charge in [0.05, 0.1) is 6.61 Å². The van der Waals surface area contributed by atoms with Crippen LogP contribution in [-0.2, 0) is 4.74 Å². The van der Waals surface area contributed by atoms with E-state index in [4.69, 9.17) is 25.5 Å². The molecule has 1 heterocycles. The zero-order chi connectivity index (χ0) is 9.30. The Kier molecular flexibility index (Phi) is 2.99. The highest BCUT2D eigenvalue weighted by molar-refractivity contribution is 4.89. The zero-order valence-electron chi connectivity index (χ0n) is 6.24. The van der Waals surface area contributed by atoms with E-state index < -0.39 is 37.3 Å². The fourth-order valence-corrected chi connectivity index (χ4v) is 1.11. The summed E-state index contributed by atoms with van der Waals surface area (Å²) in [6.45, 7) is -0.596. The van der Waals surface area contributed by atoms with Crippen molar-refractivity contribution in [1.29, 1.82) is 0 Å². The molecule has 1 aliphatic rings. The van der Waals surface area contributed by atoms with Gasteiger partial charge in [0, 0.05) is 0 Å². The number of hydrogen-bond donors (Lipinski definition) is 5. The van der Waals surface area contributed by atoms with Crippen LogP contribution in [0.2, 0.25) is 0 Å². The molecule has 1 saturated heterocycles. The van der Waals surface area contributed by atoms with Gasteiger partial charge < -0.3 is 30.3 Å². The van der Waals surface area contributed by atoms with Crippen molar-refractivity contribution in [2.24, 2.45) is 0 Å². The molecule has 0 aromatic heterocycles. The van der Waals surface area contributed by atoms with E-state index in [0.717, 1.165) is 0 Å². The van der Waals surface area contributed by atoms with Gasteiger partial charge in [0.25, 0.3) is 0 Å². The maximum atomic E-state index is 9.12. The van der Waals surface area contributed by atoms with E-state index in [1.54, 1.807) is 0 Å². The molecule has 0 aliphatic carbocycles. The van der Waals surface area contributed by atoms with Crippen LogP contribution in [0.1, 0.15) is 0 Å². The van der Waals surface area contributed by atoms with Gasteiger partial charge in [-0.25, -0.2) is 0 Å². The Balaban J connectivity index is 2.58. The van der Waals surface area contributed by atoms with E-state index in [1.165, 1.54) is 0 Å². The van der Waals surface area contributed by atoms with Gasteiger partial charge in [-0.1, -0.05) is 0 Å². The third-order valence-electron chi connectivity index (χ3n) is 1.84. The minimum Gasteiger partial charge on any atom is -0.394 e. The summed E-state index contributed by atoms with van der Waals surface area (Å²) in [4.78, 5) is 0. The molecule has 0 saturated carbocycles. The van der Waals surface area contributed by atoms with Gasteiger partial charge in [-0.15, -0.1) is 0 Å². The Bertz CT molecular complexity index is 151. The number of aliphatic hydroxyl groups excluding tert-OH is 5. The second-order valence-corrected chi connectivity index (χ2v) is 2.72. The molecule has 72 valence electrons. The van der Waals surface area contributed by atoms with Crippen molar-refractivity contribution in [3.8, 4) is 0 Å². The molecule has 0 aromatic carbocycles. The molecule has 1 aliphatic heterocycles. The van der Waals surface area contributed by atoms with Crippen LogP contribution in [0.4, 0.5) is 0 Å². The average molecular weight is 180 g/mol. The lowest BCUT2D eigenvalue weighted by Crippen LogP contribution is -2.40. The number of ether oxygens (including phenoxy) is 1. The Morgan fingerprint density at radius 1 is 1.17 bits per heavy atom. The average Bonchev–Trinajstić information content (AvgIpc) is 2.32. The maximum Gasteiger partial charge on any atom is 0.184 e. The smallest absolute Gasteiger partial charge is 0.184 e. The lowest BCUT2D eigenvalue weighted by molar-refractivity contribution is -0.150. The summed E-state index contributed by atoms with van der Waals surface area (Å²) < 4.78 is 4.58. The number of aliphatic hydroxyl groups is 5. The largest absolute Gasteiger partial charge is 0.394 e. The molecule has 4 unspecified atom stereocenters. The highest BCUT2D eigenvalue weighted by Gasteiger charge is 2.44. The number of rotatable bonds is 2. The molecule has 12 heavy (non-hydrogen) atoms. The quantitative estimate of drug-likeness (QED) is 0.306. The summed E-state index contributed by atoms with van der Waals surface area (Å²) in [5.41, 5.74) is 0. The molecule has 0 amide bonds. The molecule has 5 atom stereocenters. The Morgan fingerprint density at radius 2 is 1.75 bits per heavy atom. The van der Waals surface area contributed by atoms with Crippen molar-refractivity contribution in [3.63, 3.8) is 0 Å². The van der Waals surface area contributed by atoms with E-state index in [0.29, 0.717) is 0 Å². The Labute approximate surface area is 68.6 Å². The summed E-state index contributed by atoms with van der Waals surface area (Å²) in [5, 5.41) is 44.4. The van der Waals surface area contributed by atoms with Gasteiger partial charge in [-0.3, -0.25) is 0 Å². The van der Waals surface area contributed by atoms with Gasteiger partial charge in [0.1, 0.15) is 24.4 Å². The van der Waals surface area contributed by atoms with Crippen molar-refractivity contribution in [3.05, 3.63) is 0 Å². The van der Waals surface area contributed by atoms with Crippen LogP contribution in [0.5, 0.6) is 0 Å². The predicted molar refractivity (Wildman–Crippen MR) is 36.0 cm³/mol. The SMILES string of the molecule is OCC(O)C1OC(O)[C@H](O)C1O. The first kappa shape index (κ1) is 9.85. The van der Waals surface area contributed by atoms with Gasteiger partial charge in [0.15, 0.2) is 6.29 Å². The summed E-state index contributed by atoms with van der Waals surface area (Å²) in [6.07, 6.45) is -6.75. The second kappa shape index (κ2) is 3.65. The fourth-order valence-electron chi connectivity index (χ4n) is 1.11. The van der Waals surface area contributed by atoms with Crippen LogP contribution in [-0.4, -0.2) is 62.8 Å². The first-order valence-electron chi connectivity index (χ1n) is 3.56. The molecule has 0 aromatic rings. The summed E-state index contributed by atoms with van der Waals surface area (Å²) in [7, 11) is 0. The van der Waals surface area contributed by atoms with E-state index >= 15 is 0 Å². The lowest BCUT2D eigenvalue weighted by Gasteiger charge is -2.18. The van der Waals surface area contributed by atoms with Crippen molar-refractivity contribution < 1.29 is 30.3 Å². The predicted octanol–water partition coefficient (Wildman–Crippen LogP) is -3.22. The zero-order valence-corrected chi connectivity index (χ0v) is 6.24. The topological polar surface area (TPSA) is 110 Å². The molecule has 1 rings (SSSR count). The van der Waals surface area contributed by atoms with Crippen LogP contribution in [0.15, 0.2) is 0 Å². The highest BCUT2D eigenvalue weighted by atomic mass is 16.6. The molecular formula is C6H12O6.